The zero-order valence-corrected chi connectivity index (χ0v) is 12.8. The number of anilines is 1. The Hall–Kier alpha value is -2.70. The zero-order chi connectivity index (χ0) is 16.3. The number of rotatable bonds is 5. The third kappa shape index (κ3) is 3.30. The molecule has 116 valence electrons. The predicted octanol–water partition coefficient (Wildman–Crippen LogP) is 2.75. The molecule has 0 aliphatic heterocycles. The molecule has 0 aliphatic rings. The van der Waals surface area contributed by atoms with Crippen LogP contribution in [0.1, 0.15) is 23.4 Å². The zero-order valence-electron chi connectivity index (χ0n) is 12.8. The van der Waals surface area contributed by atoms with Crippen molar-refractivity contribution < 1.29 is 9.72 Å². The van der Waals surface area contributed by atoms with Crippen LogP contribution in [-0.2, 0) is 11.3 Å². The number of aromatic nitrogens is 2. The summed E-state index contributed by atoms with van der Waals surface area (Å²) in [7, 11) is 0. The van der Waals surface area contributed by atoms with Crippen LogP contribution in [-0.4, -0.2) is 20.6 Å². The molecule has 0 saturated carbocycles. The van der Waals surface area contributed by atoms with Crippen LogP contribution < -0.4 is 5.32 Å². The van der Waals surface area contributed by atoms with Crippen molar-refractivity contribution in [3.63, 3.8) is 0 Å². The van der Waals surface area contributed by atoms with Crippen LogP contribution in [0.15, 0.2) is 24.3 Å². The van der Waals surface area contributed by atoms with Crippen molar-refractivity contribution in [2.24, 2.45) is 0 Å². The van der Waals surface area contributed by atoms with E-state index in [2.05, 4.69) is 10.4 Å². The van der Waals surface area contributed by atoms with E-state index in [0.717, 1.165) is 17.0 Å². The largest absolute Gasteiger partial charge is 0.320 e. The van der Waals surface area contributed by atoms with Gasteiger partial charge in [0.1, 0.15) is 5.69 Å². The summed E-state index contributed by atoms with van der Waals surface area (Å²) in [6, 6.07) is 6.09. The number of hydrogen-bond donors (Lipinski definition) is 1. The molecule has 1 heterocycles. The van der Waals surface area contributed by atoms with E-state index in [4.69, 9.17) is 0 Å². The molecule has 1 amide bonds. The summed E-state index contributed by atoms with van der Waals surface area (Å²) >= 11 is 0. The minimum Gasteiger partial charge on any atom is -0.320 e. The Bertz CT molecular complexity index is 722. The minimum absolute atomic E-state index is 0.113. The van der Waals surface area contributed by atoms with Gasteiger partial charge in [0, 0.05) is 24.7 Å². The van der Waals surface area contributed by atoms with Crippen LogP contribution in [0.25, 0.3) is 0 Å². The Morgan fingerprint density at radius 3 is 2.59 bits per heavy atom. The molecule has 0 saturated heterocycles. The smallest absolute Gasteiger partial charge is 0.292 e. The van der Waals surface area contributed by atoms with E-state index < -0.39 is 4.92 Å². The summed E-state index contributed by atoms with van der Waals surface area (Å²) in [6.07, 6.45) is 0.202. The third-order valence-electron chi connectivity index (χ3n) is 3.67. The molecule has 0 unspecified atom stereocenters. The number of nitro benzene ring substituents is 1. The molecule has 1 N–H and O–H groups in total. The van der Waals surface area contributed by atoms with Gasteiger partial charge in [0.15, 0.2) is 0 Å². The van der Waals surface area contributed by atoms with Crippen LogP contribution in [0.5, 0.6) is 0 Å². The van der Waals surface area contributed by atoms with Gasteiger partial charge in [0.25, 0.3) is 5.69 Å². The number of carbonyl (C=O) groups excluding carboxylic acids is 1. The maximum absolute atomic E-state index is 12.0. The second kappa shape index (κ2) is 6.38. The lowest BCUT2D eigenvalue weighted by Gasteiger charge is -2.07. The average Bonchev–Trinajstić information content (AvgIpc) is 2.73. The fraction of sp³-hybridized carbons (Fsp3) is 0.333. The van der Waals surface area contributed by atoms with Gasteiger partial charge in [-0.15, -0.1) is 0 Å². The number of benzene rings is 1. The molecule has 0 spiro atoms. The van der Waals surface area contributed by atoms with E-state index >= 15 is 0 Å². The van der Waals surface area contributed by atoms with Crippen molar-refractivity contribution in [1.29, 1.82) is 0 Å². The van der Waals surface area contributed by atoms with Crippen LogP contribution in [0.3, 0.4) is 0 Å². The Morgan fingerprint density at radius 1 is 1.32 bits per heavy atom. The predicted molar refractivity (Wildman–Crippen MR) is 82.8 cm³/mol. The van der Waals surface area contributed by atoms with Gasteiger partial charge in [-0.25, -0.2) is 0 Å². The Balaban J connectivity index is 2.02. The van der Waals surface area contributed by atoms with Gasteiger partial charge in [0.2, 0.25) is 5.91 Å². The Kier molecular flexibility index (Phi) is 4.55. The summed E-state index contributed by atoms with van der Waals surface area (Å²) < 4.78 is 1.78. The van der Waals surface area contributed by atoms with Gasteiger partial charge in [-0.05, 0) is 32.4 Å². The van der Waals surface area contributed by atoms with Crippen molar-refractivity contribution in [2.45, 2.75) is 33.7 Å². The number of nitrogens with zero attached hydrogens (tertiary/aromatic N) is 3. The molecule has 0 bridgehead atoms. The summed E-state index contributed by atoms with van der Waals surface area (Å²) in [4.78, 5) is 22.4. The SMILES string of the molecule is Cc1nn(CCC(=O)Nc2ccccc2[N+](=O)[O-])c(C)c1C. The molecule has 1 aromatic carbocycles. The molecule has 0 radical (unpaired) electrons. The quantitative estimate of drug-likeness (QED) is 0.679. The molecule has 22 heavy (non-hydrogen) atoms. The number of nitrogens with one attached hydrogen (secondary N) is 1. The molecule has 0 fully saturated rings. The molecular weight excluding hydrogens is 284 g/mol. The van der Waals surface area contributed by atoms with E-state index in [0.29, 0.717) is 6.54 Å². The first-order valence-corrected chi connectivity index (χ1v) is 6.94. The fourth-order valence-electron chi connectivity index (χ4n) is 2.16. The highest BCUT2D eigenvalue weighted by Gasteiger charge is 2.15. The highest BCUT2D eigenvalue weighted by molar-refractivity contribution is 5.92. The van der Waals surface area contributed by atoms with Crippen LogP contribution in [0.2, 0.25) is 0 Å². The molecule has 7 heteroatoms. The Morgan fingerprint density at radius 2 is 2.00 bits per heavy atom. The van der Waals surface area contributed by atoms with E-state index in [1.165, 1.54) is 12.1 Å². The molecule has 2 aromatic rings. The lowest BCUT2D eigenvalue weighted by molar-refractivity contribution is -0.383. The second-order valence-electron chi connectivity index (χ2n) is 5.09. The molecule has 0 atom stereocenters. The van der Waals surface area contributed by atoms with Crippen LogP contribution >= 0.6 is 0 Å². The first kappa shape index (κ1) is 15.7. The number of amides is 1. The summed E-state index contributed by atoms with van der Waals surface area (Å²) in [5.74, 6) is -0.278. The summed E-state index contributed by atoms with van der Waals surface area (Å²) in [5.41, 5.74) is 3.17. The summed E-state index contributed by atoms with van der Waals surface area (Å²) in [5, 5.41) is 17.9. The molecular formula is C15H18N4O3. The number of hydrogen-bond acceptors (Lipinski definition) is 4. The van der Waals surface area contributed by atoms with Crippen molar-refractivity contribution in [2.75, 3.05) is 5.32 Å². The van der Waals surface area contributed by atoms with Crippen LogP contribution in [0.4, 0.5) is 11.4 Å². The molecule has 2 rings (SSSR count). The van der Waals surface area contributed by atoms with Crippen molar-refractivity contribution in [3.8, 4) is 0 Å². The monoisotopic (exact) mass is 302 g/mol. The van der Waals surface area contributed by atoms with Crippen molar-refractivity contribution in [3.05, 3.63) is 51.3 Å². The highest BCUT2D eigenvalue weighted by Crippen LogP contribution is 2.23. The van der Waals surface area contributed by atoms with Gasteiger partial charge in [-0.1, -0.05) is 12.1 Å². The number of aryl methyl sites for hydroxylation is 2. The van der Waals surface area contributed by atoms with Gasteiger partial charge < -0.3 is 5.32 Å². The third-order valence-corrected chi connectivity index (χ3v) is 3.67. The maximum Gasteiger partial charge on any atom is 0.292 e. The minimum atomic E-state index is -0.514. The van der Waals surface area contributed by atoms with E-state index in [-0.39, 0.29) is 23.7 Å². The highest BCUT2D eigenvalue weighted by atomic mass is 16.6. The molecule has 7 nitrogen and oxygen atoms in total. The van der Waals surface area contributed by atoms with E-state index in [9.17, 15) is 14.9 Å². The lowest BCUT2D eigenvalue weighted by Crippen LogP contribution is -2.16. The van der Waals surface area contributed by atoms with Gasteiger partial charge in [-0.3, -0.25) is 19.6 Å². The molecule has 0 aliphatic carbocycles. The number of nitro groups is 1. The van der Waals surface area contributed by atoms with Gasteiger partial charge in [-0.2, -0.15) is 5.10 Å². The first-order valence-electron chi connectivity index (χ1n) is 6.94. The Labute approximate surface area is 128 Å². The molecule has 1 aromatic heterocycles. The van der Waals surface area contributed by atoms with Gasteiger partial charge >= 0.3 is 0 Å². The maximum atomic E-state index is 12.0. The number of carbonyl (C=O) groups is 1. The van der Waals surface area contributed by atoms with Crippen molar-refractivity contribution >= 4 is 17.3 Å². The topological polar surface area (TPSA) is 90.1 Å². The van der Waals surface area contributed by atoms with Crippen molar-refractivity contribution in [1.82, 2.24) is 9.78 Å². The first-order chi connectivity index (χ1) is 10.4. The standard InChI is InChI=1S/C15H18N4O3/c1-10-11(2)17-18(12(10)3)9-8-15(20)16-13-6-4-5-7-14(13)19(21)22/h4-7H,8-9H2,1-3H3,(H,16,20). The normalized spacial score (nSPS) is 10.5. The van der Waals surface area contributed by atoms with E-state index in [1.54, 1.807) is 16.8 Å². The van der Waals surface area contributed by atoms with Gasteiger partial charge in [0.05, 0.1) is 10.6 Å². The summed E-state index contributed by atoms with van der Waals surface area (Å²) in [6.45, 7) is 6.30. The second-order valence-corrected chi connectivity index (χ2v) is 5.09. The average molecular weight is 302 g/mol. The van der Waals surface area contributed by atoms with Crippen LogP contribution in [0, 0.1) is 30.9 Å². The number of para-hydroxylation sites is 2. The lowest BCUT2D eigenvalue weighted by atomic mass is 10.2. The fourth-order valence-corrected chi connectivity index (χ4v) is 2.16. The van der Waals surface area contributed by atoms with E-state index in [1.807, 2.05) is 20.8 Å².